The van der Waals surface area contributed by atoms with Crippen LogP contribution in [0.2, 0.25) is 0 Å². The number of carbonyl (C=O) groups excluding carboxylic acids is 2. The van der Waals surface area contributed by atoms with E-state index in [1.807, 2.05) is 0 Å². The molecule has 0 radical (unpaired) electrons. The molecule has 6 nitrogen and oxygen atoms in total. The molecule has 1 aromatic carbocycles. The van der Waals surface area contributed by atoms with Gasteiger partial charge in [-0.1, -0.05) is 48.6 Å². The number of hydrogen-bond donors (Lipinski definition) is 1. The molecule has 1 amide bonds. The summed E-state index contributed by atoms with van der Waals surface area (Å²) in [6.45, 7) is 2.63. The third kappa shape index (κ3) is 5.90. The lowest BCUT2D eigenvalue weighted by atomic mass is 10.1. The molecule has 1 aliphatic rings. The summed E-state index contributed by atoms with van der Waals surface area (Å²) in [5.41, 5.74) is 0.613. The van der Waals surface area contributed by atoms with Gasteiger partial charge >= 0.3 is 11.9 Å². The van der Waals surface area contributed by atoms with Crippen LogP contribution in [0, 0.1) is 0 Å². The molecule has 1 saturated heterocycles. The first-order valence-corrected chi connectivity index (χ1v) is 9.89. The Labute approximate surface area is 167 Å². The Morgan fingerprint density at radius 2 is 2.00 bits per heavy atom. The van der Waals surface area contributed by atoms with Gasteiger partial charge in [0.15, 0.2) is 0 Å². The van der Waals surface area contributed by atoms with Gasteiger partial charge < -0.3 is 9.84 Å². The van der Waals surface area contributed by atoms with Crippen molar-refractivity contribution in [2.75, 3.05) is 13.2 Å². The highest BCUT2D eigenvalue weighted by Crippen LogP contribution is 2.33. The Balaban J connectivity index is 1.93. The van der Waals surface area contributed by atoms with Gasteiger partial charge in [0.2, 0.25) is 0 Å². The third-order valence-electron chi connectivity index (χ3n) is 3.92. The van der Waals surface area contributed by atoms with Gasteiger partial charge in [-0.05, 0) is 37.5 Å². The fourth-order valence-electron chi connectivity index (χ4n) is 2.60. The number of aromatic carboxylic acids is 1. The minimum absolute atomic E-state index is 0.140. The Morgan fingerprint density at radius 1 is 1.26 bits per heavy atom. The molecule has 27 heavy (non-hydrogen) atoms. The summed E-state index contributed by atoms with van der Waals surface area (Å²) < 4.78 is 5.34. The number of ether oxygens (including phenoxy) is 1. The van der Waals surface area contributed by atoms with Crippen LogP contribution in [0.1, 0.15) is 48.5 Å². The molecule has 8 heteroatoms. The van der Waals surface area contributed by atoms with E-state index >= 15 is 0 Å². The summed E-state index contributed by atoms with van der Waals surface area (Å²) in [7, 11) is 0. The standard InChI is InChI=1S/C19H21NO5S2/c1-2-25-16(21)10-4-3-7-11-20-17(22)15(27-19(20)26)12-13-8-5-6-9-14(13)18(23)24/h5-6,8-9,12H,2-4,7,10-11H2,1H3,(H,23,24)/b15-12+. The van der Waals surface area contributed by atoms with E-state index in [0.29, 0.717) is 40.8 Å². The fourth-order valence-corrected chi connectivity index (χ4v) is 3.90. The van der Waals surface area contributed by atoms with E-state index < -0.39 is 5.97 Å². The van der Waals surface area contributed by atoms with Crippen molar-refractivity contribution >= 4 is 52.2 Å². The van der Waals surface area contributed by atoms with Gasteiger partial charge in [-0.25, -0.2) is 4.79 Å². The van der Waals surface area contributed by atoms with E-state index in [1.165, 1.54) is 22.7 Å². The van der Waals surface area contributed by atoms with Crippen LogP contribution in [0.3, 0.4) is 0 Å². The SMILES string of the molecule is CCOC(=O)CCCCCN1C(=O)/C(=C\c2ccccc2C(=O)O)SC1=S. The van der Waals surface area contributed by atoms with Crippen molar-refractivity contribution in [3.63, 3.8) is 0 Å². The van der Waals surface area contributed by atoms with Gasteiger partial charge in [-0.15, -0.1) is 0 Å². The Hall–Kier alpha value is -2.19. The zero-order valence-electron chi connectivity index (χ0n) is 15.0. The number of benzene rings is 1. The third-order valence-corrected chi connectivity index (χ3v) is 5.30. The Bertz CT molecular complexity index is 775. The van der Waals surface area contributed by atoms with E-state index in [0.717, 1.165) is 12.8 Å². The Kier molecular flexibility index (Phi) is 7.99. The number of amides is 1. The summed E-state index contributed by atoms with van der Waals surface area (Å²) in [5, 5.41) is 9.26. The number of carbonyl (C=O) groups is 3. The number of carboxylic acid groups (broad SMARTS) is 1. The lowest BCUT2D eigenvalue weighted by molar-refractivity contribution is -0.143. The highest BCUT2D eigenvalue weighted by Gasteiger charge is 2.31. The number of esters is 1. The van der Waals surface area contributed by atoms with Gasteiger partial charge in [0, 0.05) is 13.0 Å². The first kappa shape index (κ1) is 21.1. The smallest absolute Gasteiger partial charge is 0.336 e. The van der Waals surface area contributed by atoms with Crippen LogP contribution >= 0.6 is 24.0 Å². The largest absolute Gasteiger partial charge is 0.478 e. The molecule has 1 heterocycles. The van der Waals surface area contributed by atoms with Gasteiger partial charge in [0.1, 0.15) is 4.32 Å². The summed E-state index contributed by atoms with van der Waals surface area (Å²) in [6, 6.07) is 6.52. The number of hydrogen-bond acceptors (Lipinski definition) is 6. The lowest BCUT2D eigenvalue weighted by Gasteiger charge is -2.14. The minimum Gasteiger partial charge on any atom is -0.478 e. The maximum atomic E-state index is 12.6. The van der Waals surface area contributed by atoms with Gasteiger partial charge in [-0.2, -0.15) is 0 Å². The molecule has 0 atom stereocenters. The molecule has 0 aliphatic carbocycles. The summed E-state index contributed by atoms with van der Waals surface area (Å²) in [4.78, 5) is 37.1. The molecule has 1 aromatic rings. The van der Waals surface area contributed by atoms with Crippen LogP contribution in [-0.2, 0) is 14.3 Å². The van der Waals surface area contributed by atoms with Crippen molar-refractivity contribution in [2.45, 2.75) is 32.6 Å². The summed E-state index contributed by atoms with van der Waals surface area (Å²) in [5.74, 6) is -1.46. The predicted molar refractivity (Wildman–Crippen MR) is 108 cm³/mol. The van der Waals surface area contributed by atoms with Crippen LogP contribution < -0.4 is 0 Å². The zero-order valence-corrected chi connectivity index (χ0v) is 16.6. The van der Waals surface area contributed by atoms with Crippen LogP contribution in [0.4, 0.5) is 0 Å². The second-order valence-corrected chi connectivity index (χ2v) is 7.52. The fraction of sp³-hybridized carbons (Fsp3) is 0.368. The molecular formula is C19H21NO5S2. The molecule has 0 saturated carbocycles. The van der Waals surface area contributed by atoms with Crippen molar-refractivity contribution in [1.82, 2.24) is 4.90 Å². The molecule has 144 valence electrons. The van der Waals surface area contributed by atoms with Crippen molar-refractivity contribution in [2.24, 2.45) is 0 Å². The van der Waals surface area contributed by atoms with Crippen molar-refractivity contribution in [3.8, 4) is 0 Å². The summed E-state index contributed by atoms with van der Waals surface area (Å²) in [6.07, 6.45) is 4.17. The van der Waals surface area contributed by atoms with Crippen LogP contribution in [0.5, 0.6) is 0 Å². The lowest BCUT2D eigenvalue weighted by Crippen LogP contribution is -2.29. The second-order valence-electron chi connectivity index (χ2n) is 5.84. The van der Waals surface area contributed by atoms with Crippen molar-refractivity contribution in [1.29, 1.82) is 0 Å². The maximum Gasteiger partial charge on any atom is 0.336 e. The zero-order chi connectivity index (χ0) is 19.8. The van der Waals surface area contributed by atoms with E-state index in [1.54, 1.807) is 31.2 Å². The molecule has 1 fully saturated rings. The maximum absolute atomic E-state index is 12.6. The average Bonchev–Trinajstić information content (AvgIpc) is 2.89. The number of unbranched alkanes of at least 4 members (excludes halogenated alkanes) is 2. The van der Waals surface area contributed by atoms with Crippen molar-refractivity contribution in [3.05, 3.63) is 40.3 Å². The molecule has 0 spiro atoms. The van der Waals surface area contributed by atoms with Crippen molar-refractivity contribution < 1.29 is 24.2 Å². The number of carboxylic acids is 1. The van der Waals surface area contributed by atoms with Crippen LogP contribution in [-0.4, -0.2) is 45.3 Å². The van der Waals surface area contributed by atoms with Gasteiger partial charge in [-0.3, -0.25) is 14.5 Å². The molecule has 1 aliphatic heterocycles. The monoisotopic (exact) mass is 407 g/mol. The number of thioether (sulfide) groups is 1. The van der Waals surface area contributed by atoms with E-state index in [4.69, 9.17) is 17.0 Å². The van der Waals surface area contributed by atoms with E-state index in [9.17, 15) is 19.5 Å². The molecule has 0 unspecified atom stereocenters. The first-order valence-electron chi connectivity index (χ1n) is 8.67. The second kappa shape index (κ2) is 10.2. The van der Waals surface area contributed by atoms with Gasteiger partial charge in [0.05, 0.1) is 17.1 Å². The van der Waals surface area contributed by atoms with Crippen LogP contribution in [0.15, 0.2) is 29.2 Å². The normalized spacial score (nSPS) is 15.4. The molecule has 0 aromatic heterocycles. The molecule has 0 bridgehead atoms. The quantitative estimate of drug-likeness (QED) is 0.289. The number of thiocarbonyl (C=S) groups is 1. The average molecular weight is 408 g/mol. The minimum atomic E-state index is -1.04. The highest BCUT2D eigenvalue weighted by molar-refractivity contribution is 8.26. The number of nitrogens with zero attached hydrogens (tertiary/aromatic N) is 1. The number of rotatable bonds is 9. The van der Waals surface area contributed by atoms with Gasteiger partial charge in [0.25, 0.3) is 5.91 Å². The van der Waals surface area contributed by atoms with E-state index in [-0.39, 0.29) is 17.4 Å². The molecular weight excluding hydrogens is 386 g/mol. The predicted octanol–water partition coefficient (Wildman–Crippen LogP) is 3.71. The highest BCUT2D eigenvalue weighted by atomic mass is 32.2. The van der Waals surface area contributed by atoms with E-state index in [2.05, 4.69) is 0 Å². The first-order chi connectivity index (χ1) is 12.9. The molecule has 2 rings (SSSR count). The van der Waals surface area contributed by atoms with Crippen LogP contribution in [0.25, 0.3) is 6.08 Å². The Morgan fingerprint density at radius 3 is 2.70 bits per heavy atom. The topological polar surface area (TPSA) is 83.9 Å². The molecule has 1 N–H and O–H groups in total. The summed E-state index contributed by atoms with van der Waals surface area (Å²) >= 11 is 6.46.